The zero-order chi connectivity index (χ0) is 21.4. The van der Waals surface area contributed by atoms with E-state index in [0.29, 0.717) is 30.0 Å². The highest BCUT2D eigenvalue weighted by Gasteiger charge is 2.26. The van der Waals surface area contributed by atoms with Gasteiger partial charge in [0.05, 0.1) is 6.61 Å². The predicted molar refractivity (Wildman–Crippen MR) is 114 cm³/mol. The Hall–Kier alpha value is -2.41. The van der Waals surface area contributed by atoms with E-state index in [1.165, 1.54) is 6.92 Å². The van der Waals surface area contributed by atoms with Crippen molar-refractivity contribution in [2.24, 2.45) is 0 Å². The van der Waals surface area contributed by atoms with Crippen LogP contribution in [0.2, 0.25) is 0 Å². The molecule has 29 heavy (non-hydrogen) atoms. The van der Waals surface area contributed by atoms with Crippen LogP contribution in [0.5, 0.6) is 5.75 Å². The summed E-state index contributed by atoms with van der Waals surface area (Å²) in [4.78, 5) is 18.8. The van der Waals surface area contributed by atoms with Crippen LogP contribution in [0, 0.1) is 0 Å². The van der Waals surface area contributed by atoms with Crippen molar-refractivity contribution < 1.29 is 18.7 Å². The van der Waals surface area contributed by atoms with Crippen LogP contribution < -0.4 is 10.5 Å². The van der Waals surface area contributed by atoms with Crippen LogP contribution in [0.25, 0.3) is 10.8 Å². The van der Waals surface area contributed by atoms with E-state index < -0.39 is 12.4 Å². The van der Waals surface area contributed by atoms with Gasteiger partial charge in [-0.05, 0) is 55.6 Å². The number of hydrogen-bond acceptors (Lipinski definition) is 6. The van der Waals surface area contributed by atoms with Gasteiger partial charge in [0.15, 0.2) is 0 Å². The molecule has 0 amide bonds. The number of unbranched alkanes of at least 4 members (excludes halogenated alkanes) is 1. The highest BCUT2D eigenvalue weighted by Crippen LogP contribution is 2.31. The molecule has 0 saturated heterocycles. The molecule has 0 bridgehead atoms. The third-order valence-corrected chi connectivity index (χ3v) is 4.80. The molecule has 0 radical (unpaired) electrons. The van der Waals surface area contributed by atoms with E-state index in [1.807, 2.05) is 31.0 Å². The van der Waals surface area contributed by atoms with Gasteiger partial charge in [-0.2, -0.15) is 0 Å². The minimum atomic E-state index is -1.49. The summed E-state index contributed by atoms with van der Waals surface area (Å²) in [6, 6.07) is 4.93. The number of ether oxygens (including phenoxy) is 2. The number of carbonyl (C=O) groups is 1. The maximum atomic E-state index is 13.7. The van der Waals surface area contributed by atoms with Gasteiger partial charge in [0.2, 0.25) is 6.36 Å². The first-order valence-electron chi connectivity index (χ1n) is 10.2. The number of fused-ring (bicyclic) bond motifs is 1. The summed E-state index contributed by atoms with van der Waals surface area (Å²) in [5.41, 5.74) is 6.70. The van der Waals surface area contributed by atoms with Crippen molar-refractivity contribution in [3.05, 3.63) is 30.0 Å². The number of anilines is 1. The number of hydrogen-bond donors (Lipinski definition) is 1. The molecule has 0 spiro atoms. The third-order valence-electron chi connectivity index (χ3n) is 4.80. The number of nitrogens with zero attached hydrogens (tertiary/aromatic N) is 2. The topological polar surface area (TPSA) is 77.7 Å². The second-order valence-electron chi connectivity index (χ2n) is 7.26. The Labute approximate surface area is 172 Å². The van der Waals surface area contributed by atoms with E-state index >= 15 is 0 Å². The zero-order valence-electron chi connectivity index (χ0n) is 17.8. The fourth-order valence-electron chi connectivity index (χ4n) is 3.26. The molecular formula is C22H32FN3O3. The first-order valence-corrected chi connectivity index (χ1v) is 10.2. The number of halogens is 1. The molecule has 0 fully saturated rings. The predicted octanol–water partition coefficient (Wildman–Crippen LogP) is 4.11. The number of esters is 1. The summed E-state index contributed by atoms with van der Waals surface area (Å²) in [6.45, 7) is 6.57. The average Bonchev–Trinajstić information content (AvgIpc) is 2.66. The van der Waals surface area contributed by atoms with E-state index in [-0.39, 0.29) is 5.97 Å². The summed E-state index contributed by atoms with van der Waals surface area (Å²) in [6.07, 6.45) is 3.16. The van der Waals surface area contributed by atoms with Crippen molar-refractivity contribution >= 4 is 22.6 Å². The highest BCUT2D eigenvalue weighted by atomic mass is 19.1. The first-order chi connectivity index (χ1) is 13.9. The molecule has 2 N–H and O–H groups in total. The zero-order valence-corrected chi connectivity index (χ0v) is 17.8. The van der Waals surface area contributed by atoms with Crippen molar-refractivity contribution in [3.8, 4) is 5.75 Å². The number of nitrogens with two attached hydrogens (primary N) is 1. The number of rotatable bonds is 11. The van der Waals surface area contributed by atoms with Gasteiger partial charge in [-0.15, -0.1) is 0 Å². The molecule has 0 saturated carbocycles. The van der Waals surface area contributed by atoms with Crippen molar-refractivity contribution in [2.75, 3.05) is 25.9 Å². The smallest absolute Gasteiger partial charge is 0.323 e. The van der Waals surface area contributed by atoms with Crippen molar-refractivity contribution in [3.63, 3.8) is 0 Å². The molecule has 1 aromatic carbocycles. The summed E-state index contributed by atoms with van der Waals surface area (Å²) in [7, 11) is 1.90. The van der Waals surface area contributed by atoms with Gasteiger partial charge in [-0.1, -0.05) is 20.3 Å². The van der Waals surface area contributed by atoms with Crippen LogP contribution in [0.4, 0.5) is 10.2 Å². The lowest BCUT2D eigenvalue weighted by molar-refractivity contribution is -0.149. The SMILES string of the molecule is CCCCOC(=O)C(Cc1cc2ccnc(N)c2cc1OC(C)F)N(C)CCC. The van der Waals surface area contributed by atoms with Crippen LogP contribution in [-0.4, -0.2) is 48.5 Å². The molecule has 2 atom stereocenters. The fraction of sp³-hybridized carbons (Fsp3) is 0.545. The second kappa shape index (κ2) is 11.0. The van der Waals surface area contributed by atoms with Gasteiger partial charge in [0, 0.05) is 24.9 Å². The van der Waals surface area contributed by atoms with Gasteiger partial charge in [0.1, 0.15) is 17.6 Å². The van der Waals surface area contributed by atoms with E-state index in [1.54, 1.807) is 12.3 Å². The Morgan fingerprint density at radius 2 is 2.07 bits per heavy atom. The van der Waals surface area contributed by atoms with Crippen molar-refractivity contribution in [2.45, 2.75) is 58.9 Å². The molecule has 6 nitrogen and oxygen atoms in total. The average molecular weight is 406 g/mol. The third kappa shape index (κ3) is 6.29. The second-order valence-corrected chi connectivity index (χ2v) is 7.26. The fourth-order valence-corrected chi connectivity index (χ4v) is 3.26. The Morgan fingerprint density at radius 3 is 2.72 bits per heavy atom. The monoisotopic (exact) mass is 405 g/mol. The van der Waals surface area contributed by atoms with Gasteiger partial charge >= 0.3 is 5.97 Å². The standard InChI is InChI=1S/C22H32FN3O3/c1-5-7-11-28-22(27)19(26(4)10-6-2)13-17-12-16-8-9-25-21(24)18(16)14-20(17)29-15(3)23/h8-9,12,14-15,19H,5-7,10-11,13H2,1-4H3,(H2,24,25). The number of benzene rings is 1. The largest absolute Gasteiger partial charge is 0.465 e. The highest BCUT2D eigenvalue weighted by molar-refractivity contribution is 5.92. The van der Waals surface area contributed by atoms with Crippen LogP contribution in [-0.2, 0) is 16.0 Å². The molecule has 0 aliphatic rings. The summed E-state index contributed by atoms with van der Waals surface area (Å²) in [5.74, 6) is 0.440. The molecule has 2 rings (SSSR count). The number of pyridine rings is 1. The van der Waals surface area contributed by atoms with E-state index in [4.69, 9.17) is 15.2 Å². The lowest BCUT2D eigenvalue weighted by Crippen LogP contribution is -2.42. The van der Waals surface area contributed by atoms with Crippen LogP contribution >= 0.6 is 0 Å². The molecule has 1 heterocycles. The Balaban J connectivity index is 2.40. The lowest BCUT2D eigenvalue weighted by atomic mass is 10.00. The van der Waals surface area contributed by atoms with E-state index in [9.17, 15) is 9.18 Å². The molecular weight excluding hydrogens is 373 g/mol. The minimum Gasteiger partial charge on any atom is -0.465 e. The molecule has 0 aliphatic carbocycles. The molecule has 2 aromatic rings. The number of nitrogen functional groups attached to an aromatic ring is 1. The molecule has 7 heteroatoms. The molecule has 1 aromatic heterocycles. The normalized spacial score (nSPS) is 13.4. The van der Waals surface area contributed by atoms with Gasteiger partial charge in [-0.3, -0.25) is 9.69 Å². The lowest BCUT2D eigenvalue weighted by Gasteiger charge is -2.27. The van der Waals surface area contributed by atoms with Gasteiger partial charge < -0.3 is 15.2 Å². The van der Waals surface area contributed by atoms with E-state index in [0.717, 1.165) is 36.8 Å². The van der Waals surface area contributed by atoms with Crippen molar-refractivity contribution in [1.29, 1.82) is 0 Å². The first kappa shape index (κ1) is 22.9. The van der Waals surface area contributed by atoms with Crippen LogP contribution in [0.1, 0.15) is 45.6 Å². The Morgan fingerprint density at radius 1 is 1.31 bits per heavy atom. The summed E-state index contributed by atoms with van der Waals surface area (Å²) >= 11 is 0. The van der Waals surface area contributed by atoms with Gasteiger partial charge in [0.25, 0.3) is 0 Å². The summed E-state index contributed by atoms with van der Waals surface area (Å²) < 4.78 is 24.6. The molecule has 0 aliphatic heterocycles. The minimum absolute atomic E-state index is 0.275. The van der Waals surface area contributed by atoms with Crippen molar-refractivity contribution in [1.82, 2.24) is 9.88 Å². The Kier molecular flexibility index (Phi) is 8.64. The number of likely N-dealkylation sites (N-methyl/N-ethyl adjacent to an activating group) is 1. The molecule has 2 unspecified atom stereocenters. The summed E-state index contributed by atoms with van der Waals surface area (Å²) in [5, 5.41) is 1.55. The quantitative estimate of drug-likeness (QED) is 0.448. The van der Waals surface area contributed by atoms with Gasteiger partial charge in [-0.25, -0.2) is 9.37 Å². The van der Waals surface area contributed by atoms with Crippen LogP contribution in [0.3, 0.4) is 0 Å². The Bertz CT molecular complexity index is 813. The maximum Gasteiger partial charge on any atom is 0.323 e. The van der Waals surface area contributed by atoms with Crippen LogP contribution in [0.15, 0.2) is 24.4 Å². The number of alkyl halides is 1. The maximum absolute atomic E-state index is 13.7. The number of aromatic nitrogens is 1. The van der Waals surface area contributed by atoms with E-state index in [2.05, 4.69) is 11.9 Å². The molecule has 160 valence electrons. The number of carbonyl (C=O) groups excluding carboxylic acids is 1.